The summed E-state index contributed by atoms with van der Waals surface area (Å²) in [5, 5.41) is 4.72. The fourth-order valence-electron chi connectivity index (χ4n) is 2.40. The summed E-state index contributed by atoms with van der Waals surface area (Å²) in [6, 6.07) is 8.81. The maximum Gasteiger partial charge on any atom is 0.244 e. The topological polar surface area (TPSA) is 58.6 Å². The molecule has 0 aliphatic rings. The third kappa shape index (κ3) is 5.46. The molecule has 1 N–H and O–H groups in total. The van der Waals surface area contributed by atoms with Crippen molar-refractivity contribution < 1.29 is 14.3 Å². The summed E-state index contributed by atoms with van der Waals surface area (Å²) in [5.74, 6) is 0.334. The van der Waals surface area contributed by atoms with Crippen LogP contribution < -0.4 is 10.1 Å². The number of amides is 2. The van der Waals surface area contributed by atoms with Crippen LogP contribution in [-0.2, 0) is 16.1 Å². The van der Waals surface area contributed by atoms with Gasteiger partial charge in [0, 0.05) is 18.0 Å². The SMILES string of the molecule is COc1ccc(/C=C/C(=O)N[C@@H](C)C(=O)N(C)Cc2sccc2C)cc1. The van der Waals surface area contributed by atoms with Crippen LogP contribution in [0.1, 0.15) is 22.9 Å². The van der Waals surface area contributed by atoms with Gasteiger partial charge < -0.3 is 15.0 Å². The Kier molecular flexibility index (Phi) is 6.97. The zero-order valence-corrected chi connectivity index (χ0v) is 16.3. The number of nitrogens with one attached hydrogen (secondary N) is 1. The second-order valence-corrected chi connectivity index (χ2v) is 7.06. The van der Waals surface area contributed by atoms with Crippen molar-refractivity contribution in [1.82, 2.24) is 10.2 Å². The number of benzene rings is 1. The fourth-order valence-corrected chi connectivity index (χ4v) is 3.36. The Hall–Kier alpha value is -2.60. The Labute approximate surface area is 158 Å². The van der Waals surface area contributed by atoms with Crippen LogP contribution in [0.4, 0.5) is 0 Å². The van der Waals surface area contributed by atoms with Crippen LogP contribution in [0.2, 0.25) is 0 Å². The predicted molar refractivity (Wildman–Crippen MR) is 105 cm³/mol. The molecule has 6 heteroatoms. The normalized spacial score (nSPS) is 12.0. The van der Waals surface area contributed by atoms with Gasteiger partial charge in [-0.3, -0.25) is 9.59 Å². The first-order valence-electron chi connectivity index (χ1n) is 8.31. The number of hydrogen-bond donors (Lipinski definition) is 1. The van der Waals surface area contributed by atoms with E-state index in [1.165, 1.54) is 11.6 Å². The molecule has 0 spiro atoms. The molecule has 138 valence electrons. The summed E-state index contributed by atoms with van der Waals surface area (Å²) >= 11 is 1.63. The zero-order valence-electron chi connectivity index (χ0n) is 15.5. The summed E-state index contributed by atoms with van der Waals surface area (Å²) in [5.41, 5.74) is 2.05. The van der Waals surface area contributed by atoms with Gasteiger partial charge in [-0.2, -0.15) is 0 Å². The van der Waals surface area contributed by atoms with Crippen molar-refractivity contribution in [3.8, 4) is 5.75 Å². The van der Waals surface area contributed by atoms with Gasteiger partial charge in [-0.05, 0) is 54.6 Å². The number of nitrogens with zero attached hydrogens (tertiary/aromatic N) is 1. The van der Waals surface area contributed by atoms with Gasteiger partial charge >= 0.3 is 0 Å². The molecule has 5 nitrogen and oxygen atoms in total. The number of likely N-dealkylation sites (N-methyl/N-ethyl adjacent to an activating group) is 1. The molecular formula is C20H24N2O3S. The molecule has 0 saturated heterocycles. The molecule has 0 aliphatic heterocycles. The van der Waals surface area contributed by atoms with Crippen molar-refractivity contribution in [2.24, 2.45) is 0 Å². The first-order chi connectivity index (χ1) is 12.4. The van der Waals surface area contributed by atoms with Crippen molar-refractivity contribution in [3.05, 3.63) is 57.8 Å². The number of ether oxygens (including phenoxy) is 1. The van der Waals surface area contributed by atoms with E-state index in [4.69, 9.17) is 4.74 Å². The lowest BCUT2D eigenvalue weighted by molar-refractivity contribution is -0.134. The Morgan fingerprint density at radius 1 is 1.27 bits per heavy atom. The van der Waals surface area contributed by atoms with Crippen LogP contribution in [0.3, 0.4) is 0 Å². The molecule has 0 bridgehead atoms. The Morgan fingerprint density at radius 3 is 2.54 bits per heavy atom. The van der Waals surface area contributed by atoms with Gasteiger partial charge in [-0.1, -0.05) is 12.1 Å². The number of carbonyl (C=O) groups is 2. The maximum absolute atomic E-state index is 12.4. The zero-order chi connectivity index (χ0) is 19.1. The summed E-state index contributed by atoms with van der Waals surface area (Å²) in [4.78, 5) is 27.3. The van der Waals surface area contributed by atoms with Crippen molar-refractivity contribution in [3.63, 3.8) is 0 Å². The van der Waals surface area contributed by atoms with Crippen LogP contribution in [0.5, 0.6) is 5.75 Å². The number of rotatable bonds is 7. The van der Waals surface area contributed by atoms with Crippen LogP contribution in [0.25, 0.3) is 6.08 Å². The summed E-state index contributed by atoms with van der Waals surface area (Å²) < 4.78 is 5.10. The highest BCUT2D eigenvalue weighted by Crippen LogP contribution is 2.17. The number of thiophene rings is 1. The van der Waals surface area contributed by atoms with E-state index in [-0.39, 0.29) is 11.8 Å². The highest BCUT2D eigenvalue weighted by molar-refractivity contribution is 7.10. The molecule has 0 radical (unpaired) electrons. The molecule has 1 aromatic heterocycles. The lowest BCUT2D eigenvalue weighted by Gasteiger charge is -2.21. The summed E-state index contributed by atoms with van der Waals surface area (Å²) in [6.45, 7) is 4.27. The second kappa shape index (κ2) is 9.20. The van der Waals surface area contributed by atoms with Gasteiger partial charge in [0.15, 0.2) is 0 Å². The van der Waals surface area contributed by atoms with Gasteiger partial charge in [0.25, 0.3) is 0 Å². The molecule has 1 atom stereocenters. The standard InChI is InChI=1S/C20H24N2O3S/c1-14-11-12-26-18(14)13-22(3)20(24)15(2)21-19(23)10-7-16-5-8-17(25-4)9-6-16/h5-12,15H,13H2,1-4H3,(H,21,23)/b10-7+/t15-/m0/s1. The van der Waals surface area contributed by atoms with E-state index in [2.05, 4.69) is 5.32 Å². The van der Waals surface area contributed by atoms with Gasteiger partial charge in [-0.25, -0.2) is 0 Å². The van der Waals surface area contributed by atoms with E-state index >= 15 is 0 Å². The Balaban J connectivity index is 1.87. The molecule has 2 amide bonds. The van der Waals surface area contributed by atoms with Crippen molar-refractivity contribution >= 4 is 29.2 Å². The molecule has 2 rings (SSSR count). The molecule has 0 saturated carbocycles. The molecule has 0 fully saturated rings. The third-order valence-electron chi connectivity index (χ3n) is 4.00. The highest BCUT2D eigenvalue weighted by atomic mass is 32.1. The van der Waals surface area contributed by atoms with E-state index in [1.807, 2.05) is 42.6 Å². The van der Waals surface area contributed by atoms with Gasteiger partial charge in [0.05, 0.1) is 13.7 Å². The van der Waals surface area contributed by atoms with Crippen LogP contribution in [-0.4, -0.2) is 36.9 Å². The van der Waals surface area contributed by atoms with Gasteiger partial charge in [0.2, 0.25) is 11.8 Å². The van der Waals surface area contributed by atoms with E-state index in [9.17, 15) is 9.59 Å². The minimum Gasteiger partial charge on any atom is -0.497 e. The monoisotopic (exact) mass is 372 g/mol. The van der Waals surface area contributed by atoms with Crippen LogP contribution in [0, 0.1) is 6.92 Å². The molecule has 26 heavy (non-hydrogen) atoms. The lowest BCUT2D eigenvalue weighted by Crippen LogP contribution is -2.44. The van der Waals surface area contributed by atoms with Crippen LogP contribution in [0.15, 0.2) is 41.8 Å². The average Bonchev–Trinajstić information content (AvgIpc) is 3.04. The summed E-state index contributed by atoms with van der Waals surface area (Å²) in [7, 11) is 3.35. The number of aryl methyl sites for hydroxylation is 1. The molecule has 0 unspecified atom stereocenters. The van der Waals surface area contributed by atoms with Gasteiger partial charge in [-0.15, -0.1) is 11.3 Å². The molecule has 2 aromatic rings. The number of methoxy groups -OCH3 is 1. The van der Waals surface area contributed by atoms with Crippen LogP contribution >= 0.6 is 11.3 Å². The van der Waals surface area contributed by atoms with E-state index < -0.39 is 6.04 Å². The third-order valence-corrected chi connectivity index (χ3v) is 5.01. The van der Waals surface area contributed by atoms with E-state index in [0.717, 1.165) is 16.2 Å². The molecular weight excluding hydrogens is 348 g/mol. The smallest absolute Gasteiger partial charge is 0.244 e. The fraction of sp³-hybridized carbons (Fsp3) is 0.300. The number of carbonyl (C=O) groups excluding carboxylic acids is 2. The lowest BCUT2D eigenvalue weighted by atomic mass is 10.2. The van der Waals surface area contributed by atoms with E-state index in [1.54, 1.807) is 43.4 Å². The predicted octanol–water partition coefficient (Wildman–Crippen LogP) is 3.24. The first-order valence-corrected chi connectivity index (χ1v) is 9.19. The van der Waals surface area contributed by atoms with Crippen molar-refractivity contribution in [2.45, 2.75) is 26.4 Å². The maximum atomic E-state index is 12.4. The number of hydrogen-bond acceptors (Lipinski definition) is 4. The summed E-state index contributed by atoms with van der Waals surface area (Å²) in [6.07, 6.45) is 3.12. The first kappa shape index (κ1) is 19.7. The van der Waals surface area contributed by atoms with Crippen molar-refractivity contribution in [1.29, 1.82) is 0 Å². The average molecular weight is 372 g/mol. The molecule has 1 heterocycles. The minimum absolute atomic E-state index is 0.121. The Morgan fingerprint density at radius 2 is 1.96 bits per heavy atom. The largest absolute Gasteiger partial charge is 0.497 e. The molecule has 0 aliphatic carbocycles. The minimum atomic E-state index is -0.590. The highest BCUT2D eigenvalue weighted by Gasteiger charge is 2.19. The molecule has 1 aromatic carbocycles. The van der Waals surface area contributed by atoms with Gasteiger partial charge in [0.1, 0.15) is 11.8 Å². The quantitative estimate of drug-likeness (QED) is 0.759. The Bertz CT molecular complexity index is 781. The van der Waals surface area contributed by atoms with E-state index in [0.29, 0.717) is 6.54 Å². The van der Waals surface area contributed by atoms with Crippen molar-refractivity contribution in [2.75, 3.05) is 14.2 Å². The second-order valence-electron chi connectivity index (χ2n) is 6.06.